The van der Waals surface area contributed by atoms with Gasteiger partial charge >= 0.3 is 5.97 Å². The number of hydrogen-bond acceptors (Lipinski definition) is 7. The molecule has 3 atom stereocenters. The number of amides is 1. The Bertz CT molecular complexity index is 444. The van der Waals surface area contributed by atoms with Crippen LogP contribution in [0.3, 0.4) is 0 Å². The van der Waals surface area contributed by atoms with Crippen molar-refractivity contribution in [3.05, 3.63) is 0 Å². The van der Waals surface area contributed by atoms with Gasteiger partial charge in [-0.1, -0.05) is 0 Å². The van der Waals surface area contributed by atoms with E-state index in [0.29, 0.717) is 6.21 Å². The van der Waals surface area contributed by atoms with Crippen LogP contribution >= 0.6 is 0 Å². The Morgan fingerprint density at radius 3 is 2.48 bits per heavy atom. The van der Waals surface area contributed by atoms with Crippen molar-refractivity contribution in [2.24, 2.45) is 0 Å². The minimum Gasteiger partial charge on any atom is -0.446 e. The summed E-state index contributed by atoms with van der Waals surface area (Å²) in [6.07, 6.45) is -1.21. The molecule has 0 spiro atoms. The average Bonchev–Trinajstić information content (AvgIpc) is 2.49. The Morgan fingerprint density at radius 1 is 1.38 bits per heavy atom. The third-order valence-electron chi connectivity index (χ3n) is 2.64. The van der Waals surface area contributed by atoms with Crippen molar-refractivity contribution in [2.45, 2.75) is 44.9 Å². The van der Waals surface area contributed by atoms with Gasteiger partial charge in [-0.25, -0.2) is 4.79 Å². The first-order valence-electron chi connectivity index (χ1n) is 6.32. The molecule has 0 unspecified atom stereocenters. The fraction of sp³-hybridized carbons (Fsp3) is 0.615. The number of esters is 1. The lowest BCUT2D eigenvalue weighted by molar-refractivity contribution is -0.151. The maximum Gasteiger partial charge on any atom is 0.329 e. The molecular weight excluding hydrogens is 278 g/mol. The number of carbonyl (C=O) groups is 3. The highest BCUT2D eigenvalue weighted by Gasteiger charge is 2.26. The van der Waals surface area contributed by atoms with E-state index in [2.05, 4.69) is 5.32 Å². The molecular formula is C13H19N3O5. The van der Waals surface area contributed by atoms with Crippen LogP contribution in [0.4, 0.5) is 0 Å². The van der Waals surface area contributed by atoms with E-state index in [4.69, 9.17) is 20.1 Å². The maximum atomic E-state index is 11.9. The quantitative estimate of drug-likeness (QED) is 0.453. The van der Waals surface area contributed by atoms with Crippen LogP contribution in [0.2, 0.25) is 0 Å². The van der Waals surface area contributed by atoms with E-state index in [-0.39, 0.29) is 12.8 Å². The van der Waals surface area contributed by atoms with Gasteiger partial charge in [-0.15, -0.1) is 0 Å². The van der Waals surface area contributed by atoms with E-state index < -0.39 is 35.9 Å². The Kier molecular flexibility index (Phi) is 8.57. The summed E-state index contributed by atoms with van der Waals surface area (Å²) in [5, 5.41) is 17.8. The van der Waals surface area contributed by atoms with Gasteiger partial charge < -0.3 is 20.2 Å². The Morgan fingerprint density at radius 2 is 2.00 bits per heavy atom. The number of nitrogens with zero attached hydrogens (tertiary/aromatic N) is 1. The number of ketones is 1. The lowest BCUT2D eigenvalue weighted by Crippen LogP contribution is -2.46. The molecule has 0 heterocycles. The van der Waals surface area contributed by atoms with Crippen LogP contribution in [0.25, 0.3) is 0 Å². The van der Waals surface area contributed by atoms with Gasteiger partial charge in [0.1, 0.15) is 18.2 Å². The van der Waals surface area contributed by atoms with Crippen LogP contribution in [0.5, 0.6) is 0 Å². The summed E-state index contributed by atoms with van der Waals surface area (Å²) in [7, 11) is 1.34. The molecule has 0 rings (SSSR count). The van der Waals surface area contributed by atoms with Crippen LogP contribution in [0, 0.1) is 16.7 Å². The number of ether oxygens (including phenoxy) is 2. The predicted molar refractivity (Wildman–Crippen MR) is 72.6 cm³/mol. The van der Waals surface area contributed by atoms with Crippen molar-refractivity contribution < 1.29 is 23.9 Å². The van der Waals surface area contributed by atoms with Crippen molar-refractivity contribution in [1.82, 2.24) is 5.32 Å². The number of Topliss-reactive ketones (excluding diaryl/α,β-unsaturated/α-hetero) is 1. The van der Waals surface area contributed by atoms with Crippen molar-refractivity contribution in [3.8, 4) is 6.07 Å². The molecule has 116 valence electrons. The van der Waals surface area contributed by atoms with Crippen molar-refractivity contribution in [1.29, 1.82) is 10.7 Å². The van der Waals surface area contributed by atoms with Gasteiger partial charge in [-0.3, -0.25) is 9.59 Å². The number of methoxy groups -OCH3 is 1. The van der Waals surface area contributed by atoms with Gasteiger partial charge in [0.15, 0.2) is 11.9 Å². The molecule has 0 aromatic rings. The molecule has 1 amide bonds. The second-order valence-corrected chi connectivity index (χ2v) is 4.30. The van der Waals surface area contributed by atoms with Crippen molar-refractivity contribution >= 4 is 23.9 Å². The second kappa shape index (κ2) is 9.61. The molecule has 0 aromatic carbocycles. The predicted octanol–water partition coefficient (Wildman–Crippen LogP) is -0.0397. The standard InChI is InChI=1S/C13H19N3O5/c1-8(6-14)21-13(19)11(5-4-10(17)7-15)16-12(18)9(2)20-3/h7-9,11,15H,4-5H2,1-3H3,(H,16,18)/t8-,9-,11-/m0/s1. The number of nitrogens with one attached hydrogen (secondary N) is 2. The molecule has 0 aliphatic rings. The fourth-order valence-electron chi connectivity index (χ4n) is 1.29. The number of nitriles is 1. The molecule has 0 radical (unpaired) electrons. The third kappa shape index (κ3) is 7.17. The molecule has 2 N–H and O–H groups in total. The third-order valence-corrected chi connectivity index (χ3v) is 2.64. The summed E-state index contributed by atoms with van der Waals surface area (Å²) in [6.45, 7) is 2.88. The first-order valence-corrected chi connectivity index (χ1v) is 6.32. The summed E-state index contributed by atoms with van der Waals surface area (Å²) < 4.78 is 9.64. The van der Waals surface area contributed by atoms with E-state index in [1.54, 1.807) is 6.07 Å². The van der Waals surface area contributed by atoms with Gasteiger partial charge in [0.05, 0.1) is 6.21 Å². The highest BCUT2D eigenvalue weighted by molar-refractivity contribution is 6.26. The molecule has 0 saturated heterocycles. The molecule has 8 nitrogen and oxygen atoms in total. The Balaban J connectivity index is 4.79. The lowest BCUT2D eigenvalue weighted by atomic mass is 10.1. The minimum atomic E-state index is -1.07. The molecule has 0 aromatic heterocycles. The summed E-state index contributed by atoms with van der Waals surface area (Å²) in [5.74, 6) is -1.82. The summed E-state index contributed by atoms with van der Waals surface area (Å²) >= 11 is 0. The molecule has 0 aliphatic heterocycles. The van der Waals surface area contributed by atoms with E-state index in [1.165, 1.54) is 21.0 Å². The van der Waals surface area contributed by atoms with Crippen LogP contribution in [-0.2, 0) is 23.9 Å². The summed E-state index contributed by atoms with van der Waals surface area (Å²) in [6, 6.07) is 0.656. The molecule has 0 fully saturated rings. The van der Waals surface area contributed by atoms with Gasteiger partial charge in [0.2, 0.25) is 5.91 Å². The largest absolute Gasteiger partial charge is 0.446 e. The maximum absolute atomic E-state index is 11.9. The monoisotopic (exact) mass is 297 g/mol. The van der Waals surface area contributed by atoms with Gasteiger partial charge in [0.25, 0.3) is 0 Å². The SMILES string of the molecule is CO[C@@H](C)C(=O)N[C@@H](CCC(=O)C=N)C(=O)O[C@@H](C)C#N. The molecule has 8 heteroatoms. The van der Waals surface area contributed by atoms with Crippen LogP contribution < -0.4 is 5.32 Å². The smallest absolute Gasteiger partial charge is 0.329 e. The summed E-state index contributed by atoms with van der Waals surface area (Å²) in [5.41, 5.74) is 0. The van der Waals surface area contributed by atoms with Gasteiger partial charge in [-0.2, -0.15) is 5.26 Å². The first-order chi connectivity index (χ1) is 9.85. The zero-order valence-corrected chi connectivity index (χ0v) is 12.2. The molecule has 0 saturated carbocycles. The number of rotatable bonds is 9. The lowest BCUT2D eigenvalue weighted by Gasteiger charge is -2.19. The van der Waals surface area contributed by atoms with E-state index >= 15 is 0 Å². The molecule has 0 aliphatic carbocycles. The zero-order chi connectivity index (χ0) is 16.4. The van der Waals surface area contributed by atoms with Crippen LogP contribution in [0.1, 0.15) is 26.7 Å². The Labute approximate surface area is 122 Å². The van der Waals surface area contributed by atoms with E-state index in [1.807, 2.05) is 0 Å². The number of carbonyl (C=O) groups excluding carboxylic acids is 3. The number of hydrogen-bond donors (Lipinski definition) is 2. The zero-order valence-electron chi connectivity index (χ0n) is 12.2. The normalized spacial score (nSPS) is 14.2. The van der Waals surface area contributed by atoms with Gasteiger partial charge in [0, 0.05) is 13.5 Å². The van der Waals surface area contributed by atoms with E-state index in [9.17, 15) is 14.4 Å². The van der Waals surface area contributed by atoms with E-state index in [0.717, 1.165) is 0 Å². The van der Waals surface area contributed by atoms with Crippen LogP contribution in [0.15, 0.2) is 0 Å². The highest BCUT2D eigenvalue weighted by Crippen LogP contribution is 2.04. The topological polar surface area (TPSA) is 129 Å². The Hall–Kier alpha value is -2.27. The first kappa shape index (κ1) is 18.7. The average molecular weight is 297 g/mol. The van der Waals surface area contributed by atoms with Gasteiger partial charge in [-0.05, 0) is 20.3 Å². The molecule has 0 bridgehead atoms. The summed E-state index contributed by atoms with van der Waals surface area (Å²) in [4.78, 5) is 34.7. The fourth-order valence-corrected chi connectivity index (χ4v) is 1.29. The molecule has 21 heavy (non-hydrogen) atoms. The minimum absolute atomic E-state index is 0.0205. The van der Waals surface area contributed by atoms with Crippen molar-refractivity contribution in [2.75, 3.05) is 7.11 Å². The highest BCUT2D eigenvalue weighted by atomic mass is 16.5. The van der Waals surface area contributed by atoms with Crippen LogP contribution in [-0.4, -0.2) is 49.2 Å². The van der Waals surface area contributed by atoms with Crippen molar-refractivity contribution in [3.63, 3.8) is 0 Å². The second-order valence-electron chi connectivity index (χ2n) is 4.30.